The molecule has 0 bridgehead atoms. The molecule has 0 spiro atoms. The Morgan fingerprint density at radius 1 is 1.00 bits per heavy atom. The fraction of sp³-hybridized carbons (Fsp3) is 0. The van der Waals surface area contributed by atoms with Crippen LogP contribution in [-0.4, -0.2) is 0 Å². The summed E-state index contributed by atoms with van der Waals surface area (Å²) in [6.45, 7) is 0. The summed E-state index contributed by atoms with van der Waals surface area (Å²) < 4.78 is 19.3. The smallest absolute Gasteiger partial charge is 0.134 e. The van der Waals surface area contributed by atoms with E-state index in [1.54, 1.807) is 18.4 Å². The van der Waals surface area contributed by atoms with E-state index in [1.165, 1.54) is 12.1 Å². The molecule has 1 aromatic heterocycles. The van der Waals surface area contributed by atoms with Crippen molar-refractivity contribution in [2.24, 2.45) is 0 Å². The van der Waals surface area contributed by atoms with E-state index in [-0.39, 0.29) is 5.82 Å². The summed E-state index contributed by atoms with van der Waals surface area (Å²) in [5.74, 6) is -0.234. The van der Waals surface area contributed by atoms with E-state index in [1.807, 2.05) is 18.2 Å². The summed E-state index contributed by atoms with van der Waals surface area (Å²) in [5.41, 5.74) is 2.75. The number of benzene rings is 2. The van der Waals surface area contributed by atoms with Gasteiger partial charge in [-0.25, -0.2) is 4.39 Å². The Labute approximate surface area is 106 Å². The predicted molar refractivity (Wildman–Crippen MR) is 69.3 cm³/mol. The van der Waals surface area contributed by atoms with Crippen LogP contribution < -0.4 is 0 Å². The van der Waals surface area contributed by atoms with Crippen molar-refractivity contribution in [3.8, 4) is 11.1 Å². The molecule has 0 aliphatic heterocycles. The molecular formula is C14H8BrFO. The molecule has 0 unspecified atom stereocenters. The molecule has 1 nitrogen and oxygen atoms in total. The van der Waals surface area contributed by atoms with Crippen molar-refractivity contribution >= 4 is 26.9 Å². The summed E-state index contributed by atoms with van der Waals surface area (Å²) in [7, 11) is 0. The fourth-order valence-electron chi connectivity index (χ4n) is 1.85. The largest absolute Gasteiger partial charge is 0.464 e. The first-order valence-electron chi connectivity index (χ1n) is 5.17. The average Bonchev–Trinajstić information content (AvgIpc) is 2.73. The van der Waals surface area contributed by atoms with Gasteiger partial charge >= 0.3 is 0 Å². The van der Waals surface area contributed by atoms with Crippen molar-refractivity contribution in [3.63, 3.8) is 0 Å². The van der Waals surface area contributed by atoms with Gasteiger partial charge in [0.1, 0.15) is 11.4 Å². The summed E-state index contributed by atoms with van der Waals surface area (Å²) in [6.07, 6.45) is 1.70. The average molecular weight is 291 g/mol. The SMILES string of the molecule is Fc1ccc(-c2coc3ccc(Br)cc23)cc1. The normalized spacial score (nSPS) is 10.9. The standard InChI is InChI=1S/C14H8BrFO/c15-10-3-6-14-12(7-10)13(8-17-14)9-1-4-11(16)5-2-9/h1-8H. The molecule has 0 radical (unpaired) electrons. The van der Waals surface area contributed by atoms with Gasteiger partial charge in [0.15, 0.2) is 0 Å². The number of furan rings is 1. The monoisotopic (exact) mass is 290 g/mol. The Kier molecular flexibility index (Phi) is 2.48. The van der Waals surface area contributed by atoms with Gasteiger partial charge in [0.05, 0.1) is 6.26 Å². The molecule has 3 aromatic rings. The summed E-state index contributed by atoms with van der Waals surface area (Å²) in [6, 6.07) is 12.2. The van der Waals surface area contributed by atoms with Crippen molar-refractivity contribution in [3.05, 3.63) is 59.0 Å². The molecule has 0 saturated heterocycles. The van der Waals surface area contributed by atoms with Gasteiger partial charge in [0.25, 0.3) is 0 Å². The lowest BCUT2D eigenvalue weighted by atomic mass is 10.1. The molecule has 0 saturated carbocycles. The van der Waals surface area contributed by atoms with Gasteiger partial charge in [-0.2, -0.15) is 0 Å². The topological polar surface area (TPSA) is 13.1 Å². The van der Waals surface area contributed by atoms with Crippen molar-refractivity contribution in [2.75, 3.05) is 0 Å². The lowest BCUT2D eigenvalue weighted by molar-refractivity contribution is 0.616. The van der Waals surface area contributed by atoms with Gasteiger partial charge < -0.3 is 4.42 Å². The molecule has 3 rings (SSSR count). The molecule has 0 aliphatic carbocycles. The zero-order chi connectivity index (χ0) is 11.8. The molecule has 1 heterocycles. The Morgan fingerprint density at radius 2 is 1.76 bits per heavy atom. The van der Waals surface area contributed by atoms with E-state index in [9.17, 15) is 4.39 Å². The van der Waals surface area contributed by atoms with Crippen LogP contribution in [0.1, 0.15) is 0 Å². The van der Waals surface area contributed by atoms with E-state index in [2.05, 4.69) is 15.9 Å². The van der Waals surface area contributed by atoms with Crippen LogP contribution >= 0.6 is 15.9 Å². The van der Waals surface area contributed by atoms with Gasteiger partial charge in [0, 0.05) is 15.4 Å². The Bertz CT molecular complexity index is 670. The van der Waals surface area contributed by atoms with E-state index in [4.69, 9.17) is 4.42 Å². The molecule has 84 valence electrons. The van der Waals surface area contributed by atoms with Crippen LogP contribution in [0.25, 0.3) is 22.1 Å². The third-order valence-corrected chi connectivity index (χ3v) is 3.18. The minimum Gasteiger partial charge on any atom is -0.464 e. The highest BCUT2D eigenvalue weighted by atomic mass is 79.9. The third-order valence-electron chi connectivity index (χ3n) is 2.69. The van der Waals surface area contributed by atoms with E-state index >= 15 is 0 Å². The Morgan fingerprint density at radius 3 is 2.53 bits per heavy atom. The minimum absolute atomic E-state index is 0.234. The molecule has 0 aliphatic rings. The van der Waals surface area contributed by atoms with Gasteiger partial charge in [0.2, 0.25) is 0 Å². The van der Waals surface area contributed by atoms with Crippen LogP contribution in [0.3, 0.4) is 0 Å². The highest BCUT2D eigenvalue weighted by Crippen LogP contribution is 2.32. The molecule has 0 amide bonds. The molecule has 0 fully saturated rings. The minimum atomic E-state index is -0.234. The first kappa shape index (κ1) is 10.5. The number of hydrogen-bond acceptors (Lipinski definition) is 1. The summed E-state index contributed by atoms with van der Waals surface area (Å²) in [4.78, 5) is 0. The fourth-order valence-corrected chi connectivity index (χ4v) is 2.22. The first-order chi connectivity index (χ1) is 8.24. The Hall–Kier alpha value is -1.61. The number of fused-ring (bicyclic) bond motifs is 1. The second-order valence-electron chi connectivity index (χ2n) is 3.80. The summed E-state index contributed by atoms with van der Waals surface area (Å²) in [5, 5.41) is 1.02. The van der Waals surface area contributed by atoms with E-state index < -0.39 is 0 Å². The zero-order valence-electron chi connectivity index (χ0n) is 8.78. The highest BCUT2D eigenvalue weighted by molar-refractivity contribution is 9.10. The number of halogens is 2. The molecule has 3 heteroatoms. The zero-order valence-corrected chi connectivity index (χ0v) is 10.4. The maximum atomic E-state index is 12.9. The quantitative estimate of drug-likeness (QED) is 0.615. The van der Waals surface area contributed by atoms with Crippen molar-refractivity contribution in [1.29, 1.82) is 0 Å². The van der Waals surface area contributed by atoms with Gasteiger partial charge in [-0.15, -0.1) is 0 Å². The van der Waals surface area contributed by atoms with Crippen LogP contribution in [-0.2, 0) is 0 Å². The second-order valence-corrected chi connectivity index (χ2v) is 4.71. The van der Waals surface area contributed by atoms with Crippen molar-refractivity contribution in [2.45, 2.75) is 0 Å². The molecule has 2 aromatic carbocycles. The molecular weight excluding hydrogens is 283 g/mol. The maximum absolute atomic E-state index is 12.9. The Balaban J connectivity index is 2.23. The lowest BCUT2D eigenvalue weighted by Gasteiger charge is -1.98. The van der Waals surface area contributed by atoms with E-state index in [0.29, 0.717) is 0 Å². The summed E-state index contributed by atoms with van der Waals surface area (Å²) >= 11 is 3.43. The highest BCUT2D eigenvalue weighted by Gasteiger charge is 2.08. The van der Waals surface area contributed by atoms with Crippen LogP contribution in [0, 0.1) is 5.82 Å². The van der Waals surface area contributed by atoms with Gasteiger partial charge in [-0.1, -0.05) is 28.1 Å². The van der Waals surface area contributed by atoms with Crippen LogP contribution in [0.2, 0.25) is 0 Å². The third kappa shape index (κ3) is 1.87. The van der Waals surface area contributed by atoms with Gasteiger partial charge in [-0.05, 0) is 35.9 Å². The molecule has 0 atom stereocenters. The predicted octanol–water partition coefficient (Wildman–Crippen LogP) is 5.00. The second kappa shape index (κ2) is 4.00. The van der Waals surface area contributed by atoms with Crippen LogP contribution in [0.4, 0.5) is 4.39 Å². The van der Waals surface area contributed by atoms with Crippen LogP contribution in [0.5, 0.6) is 0 Å². The van der Waals surface area contributed by atoms with Crippen LogP contribution in [0.15, 0.2) is 57.6 Å². The number of rotatable bonds is 1. The van der Waals surface area contributed by atoms with Gasteiger partial charge in [-0.3, -0.25) is 0 Å². The first-order valence-corrected chi connectivity index (χ1v) is 5.96. The molecule has 17 heavy (non-hydrogen) atoms. The van der Waals surface area contributed by atoms with E-state index in [0.717, 1.165) is 26.6 Å². The number of hydrogen-bond donors (Lipinski definition) is 0. The molecule has 0 N–H and O–H groups in total. The van der Waals surface area contributed by atoms with Crippen molar-refractivity contribution < 1.29 is 8.81 Å². The lowest BCUT2D eigenvalue weighted by Crippen LogP contribution is -1.77. The maximum Gasteiger partial charge on any atom is 0.134 e. The van der Waals surface area contributed by atoms with Crippen molar-refractivity contribution in [1.82, 2.24) is 0 Å².